The third kappa shape index (κ3) is 5.10. The second-order valence-electron chi connectivity index (χ2n) is 2.65. The van der Waals surface area contributed by atoms with Crippen molar-refractivity contribution in [2.24, 2.45) is 0 Å². The van der Waals surface area contributed by atoms with Crippen LogP contribution in [-0.4, -0.2) is 61.2 Å². The molecule has 0 aliphatic carbocycles. The first-order valence-corrected chi connectivity index (χ1v) is 4.84. The molecule has 0 aliphatic heterocycles. The Morgan fingerprint density at radius 3 is 1.93 bits per heavy atom. The second kappa shape index (κ2) is 7.18. The van der Waals surface area contributed by atoms with E-state index in [2.05, 4.69) is 0 Å². The van der Waals surface area contributed by atoms with Crippen LogP contribution in [0.25, 0.3) is 0 Å². The van der Waals surface area contributed by atoms with Gasteiger partial charge in [-0.15, -0.1) is 0 Å². The molecule has 15 heavy (non-hydrogen) atoms. The van der Waals surface area contributed by atoms with Crippen molar-refractivity contribution in [2.75, 3.05) is 6.61 Å². The summed E-state index contributed by atoms with van der Waals surface area (Å²) < 4.78 is 67.9. The zero-order valence-corrected chi connectivity index (χ0v) is 7.87. The van der Waals surface area contributed by atoms with E-state index in [-0.39, 0.29) is 49.0 Å². The van der Waals surface area contributed by atoms with Gasteiger partial charge in [-0.1, -0.05) is 0 Å². The number of alkyl halides is 4. The number of rotatable bonds is 6. The number of hydrogen-bond acceptors (Lipinski definition) is 2. The third-order valence-corrected chi connectivity index (χ3v) is 2.28. The molecule has 0 spiro atoms. The maximum absolute atomic E-state index is 12.6. The minimum atomic E-state index is -4.94. The van der Waals surface area contributed by atoms with Crippen LogP contribution in [0.1, 0.15) is 19.3 Å². The molecule has 0 saturated heterocycles. The Hall–Kier alpha value is 0.790. The molecule has 0 aliphatic rings. The molecule has 1 unspecified atom stereocenters. The molecule has 0 aromatic carbocycles. The molecule has 0 radical (unpaired) electrons. The fourth-order valence-corrected chi connectivity index (χ4v) is 1.09. The van der Waals surface area contributed by atoms with Gasteiger partial charge in [0, 0.05) is 13.0 Å². The van der Waals surface area contributed by atoms with Crippen LogP contribution in [0.2, 0.25) is 0 Å². The molecule has 9 heteroatoms. The van der Waals surface area contributed by atoms with Crippen LogP contribution in [0.4, 0.5) is 17.6 Å². The SMILES string of the molecule is O=S(O)C(F)(F)C(F)(F)CCCCO.[NaH]. The van der Waals surface area contributed by atoms with E-state index in [1.54, 1.807) is 0 Å². The molecule has 2 N–H and O–H groups in total. The van der Waals surface area contributed by atoms with Gasteiger partial charge in [-0.05, 0) is 12.8 Å². The molecule has 0 aromatic rings. The van der Waals surface area contributed by atoms with E-state index >= 15 is 0 Å². The fourth-order valence-electron chi connectivity index (χ4n) is 0.732. The van der Waals surface area contributed by atoms with E-state index in [1.807, 2.05) is 0 Å². The van der Waals surface area contributed by atoms with Gasteiger partial charge in [0.05, 0.1) is 0 Å². The maximum atomic E-state index is 12.6. The molecule has 0 rings (SSSR count). The predicted octanol–water partition coefficient (Wildman–Crippen LogP) is 0.950. The average molecular weight is 262 g/mol. The van der Waals surface area contributed by atoms with E-state index in [0.29, 0.717) is 0 Å². The van der Waals surface area contributed by atoms with Crippen molar-refractivity contribution in [1.82, 2.24) is 0 Å². The van der Waals surface area contributed by atoms with Gasteiger partial charge in [0.2, 0.25) is 11.1 Å². The van der Waals surface area contributed by atoms with Crippen LogP contribution >= 0.6 is 0 Å². The Balaban J connectivity index is 0. The van der Waals surface area contributed by atoms with Crippen LogP contribution in [0.15, 0.2) is 0 Å². The average Bonchev–Trinajstić information content (AvgIpc) is 2.04. The van der Waals surface area contributed by atoms with Crippen LogP contribution in [0.3, 0.4) is 0 Å². The Morgan fingerprint density at radius 2 is 1.60 bits per heavy atom. The number of hydrogen-bond donors (Lipinski definition) is 2. The molecule has 0 aromatic heterocycles. The van der Waals surface area contributed by atoms with Crippen molar-refractivity contribution in [3.63, 3.8) is 0 Å². The van der Waals surface area contributed by atoms with Gasteiger partial charge in [0.25, 0.3) is 0 Å². The zero-order valence-electron chi connectivity index (χ0n) is 7.05. The molecule has 0 fully saturated rings. The van der Waals surface area contributed by atoms with Gasteiger partial charge in [0.15, 0.2) is 0 Å². The molecular formula is C6H11F4NaO3S. The first-order chi connectivity index (χ1) is 6.25. The summed E-state index contributed by atoms with van der Waals surface area (Å²) in [5.74, 6) is -4.53. The van der Waals surface area contributed by atoms with E-state index in [0.717, 1.165) is 0 Å². The summed E-state index contributed by atoms with van der Waals surface area (Å²) in [5, 5.41) is 3.29. The molecule has 0 saturated carbocycles. The molecule has 0 bridgehead atoms. The van der Waals surface area contributed by atoms with E-state index in [9.17, 15) is 21.8 Å². The summed E-state index contributed by atoms with van der Waals surface area (Å²) >= 11 is -3.90. The van der Waals surface area contributed by atoms with Crippen LogP contribution in [0, 0.1) is 0 Å². The van der Waals surface area contributed by atoms with Gasteiger partial charge in [-0.3, -0.25) is 0 Å². The van der Waals surface area contributed by atoms with Gasteiger partial charge in [-0.25, -0.2) is 4.21 Å². The Labute approximate surface area is 109 Å². The summed E-state index contributed by atoms with van der Waals surface area (Å²) in [4.78, 5) is 0. The van der Waals surface area contributed by atoms with Gasteiger partial charge in [-0.2, -0.15) is 17.6 Å². The first kappa shape index (κ1) is 18.2. The summed E-state index contributed by atoms with van der Waals surface area (Å²) in [6.07, 6.45) is -1.62. The molecular weight excluding hydrogens is 251 g/mol. The van der Waals surface area contributed by atoms with Crippen LogP contribution in [-0.2, 0) is 11.1 Å². The molecule has 1 atom stereocenters. The number of aliphatic hydroxyl groups is 1. The molecule has 0 amide bonds. The fraction of sp³-hybridized carbons (Fsp3) is 1.00. The Morgan fingerprint density at radius 1 is 1.13 bits per heavy atom. The van der Waals surface area contributed by atoms with Crippen molar-refractivity contribution < 1.29 is 31.4 Å². The van der Waals surface area contributed by atoms with Gasteiger partial charge >= 0.3 is 40.7 Å². The summed E-state index contributed by atoms with van der Waals surface area (Å²) in [7, 11) is 0. The number of aliphatic hydroxyl groups excluding tert-OH is 1. The molecule has 88 valence electrons. The Bertz CT molecular complexity index is 215. The van der Waals surface area contributed by atoms with Crippen LogP contribution in [0.5, 0.6) is 0 Å². The topological polar surface area (TPSA) is 57.5 Å². The van der Waals surface area contributed by atoms with Crippen molar-refractivity contribution in [2.45, 2.75) is 30.4 Å². The normalized spacial score (nSPS) is 14.5. The predicted molar refractivity (Wildman–Crippen MR) is 48.8 cm³/mol. The van der Waals surface area contributed by atoms with E-state index in [4.69, 9.17) is 9.66 Å². The first-order valence-electron chi connectivity index (χ1n) is 3.73. The molecule has 3 nitrogen and oxygen atoms in total. The van der Waals surface area contributed by atoms with E-state index < -0.39 is 28.7 Å². The summed E-state index contributed by atoms with van der Waals surface area (Å²) in [6, 6.07) is 0. The zero-order chi connectivity index (χ0) is 11.4. The van der Waals surface area contributed by atoms with Crippen molar-refractivity contribution >= 4 is 40.6 Å². The quantitative estimate of drug-likeness (QED) is 0.324. The van der Waals surface area contributed by atoms with Crippen molar-refractivity contribution in [1.29, 1.82) is 0 Å². The van der Waals surface area contributed by atoms with Gasteiger partial charge < -0.3 is 9.66 Å². The Kier molecular flexibility index (Phi) is 8.70. The number of halogens is 4. The third-order valence-electron chi connectivity index (χ3n) is 1.54. The van der Waals surface area contributed by atoms with Crippen LogP contribution < -0.4 is 0 Å². The summed E-state index contributed by atoms with van der Waals surface area (Å²) in [5.41, 5.74) is 0. The van der Waals surface area contributed by atoms with Gasteiger partial charge in [0.1, 0.15) is 0 Å². The summed E-state index contributed by atoms with van der Waals surface area (Å²) in [6.45, 7) is -0.385. The minimum absolute atomic E-state index is 0. The van der Waals surface area contributed by atoms with Crippen molar-refractivity contribution in [3.05, 3.63) is 0 Å². The monoisotopic (exact) mass is 262 g/mol. The standard InChI is InChI=1S/C6H10F4O3S.Na.H/c7-5(8,3-1-2-4-11)6(9,10)14(12)13;;/h11H,1-4H2,(H,12,13);;. The second-order valence-corrected chi connectivity index (χ2v) is 3.66. The molecule has 0 heterocycles. The van der Waals surface area contributed by atoms with Crippen molar-refractivity contribution in [3.8, 4) is 0 Å². The van der Waals surface area contributed by atoms with E-state index in [1.165, 1.54) is 0 Å². The number of unbranched alkanes of at least 4 members (excludes halogenated alkanes) is 1.